The third kappa shape index (κ3) is 3.09. The Kier molecular flexibility index (Phi) is 6.04. The molecule has 8 heteroatoms. The Morgan fingerprint density at radius 1 is 0.864 bits per heavy atom. The van der Waals surface area contributed by atoms with Crippen LogP contribution in [0.15, 0.2) is 0 Å². The van der Waals surface area contributed by atoms with Gasteiger partial charge in [0.15, 0.2) is 0 Å². The SMILES string of the molecule is C.C.CC1C2CC(OC(O)(C(F)(F)F)C(F)(F)F)C(C2)C1C. The highest BCUT2D eigenvalue weighted by atomic mass is 19.4. The molecule has 2 rings (SSSR count). The van der Waals surface area contributed by atoms with Crippen LogP contribution in [0.25, 0.3) is 0 Å². The van der Waals surface area contributed by atoms with Crippen molar-refractivity contribution < 1.29 is 36.2 Å². The zero-order chi connectivity index (χ0) is 15.5. The van der Waals surface area contributed by atoms with Crippen molar-refractivity contribution in [2.45, 2.75) is 65.8 Å². The van der Waals surface area contributed by atoms with Crippen LogP contribution < -0.4 is 0 Å². The molecule has 1 N–H and O–H groups in total. The van der Waals surface area contributed by atoms with Crippen molar-refractivity contribution in [2.24, 2.45) is 23.7 Å². The van der Waals surface area contributed by atoms with Gasteiger partial charge in [-0.25, -0.2) is 0 Å². The van der Waals surface area contributed by atoms with E-state index in [4.69, 9.17) is 5.11 Å². The predicted molar refractivity (Wildman–Crippen MR) is 69.9 cm³/mol. The summed E-state index contributed by atoms with van der Waals surface area (Å²) in [6.45, 7) is 3.73. The minimum atomic E-state index is -5.91. The monoisotopic (exact) mass is 338 g/mol. The molecular formula is C14H24F6O2. The molecule has 134 valence electrons. The highest BCUT2D eigenvalue weighted by molar-refractivity contribution is 5.00. The summed E-state index contributed by atoms with van der Waals surface area (Å²) in [4.78, 5) is 0. The van der Waals surface area contributed by atoms with Gasteiger partial charge in [-0.2, -0.15) is 26.3 Å². The Balaban J connectivity index is 0.00000220. The molecule has 0 saturated heterocycles. The Bertz CT molecular complexity index is 363. The minimum absolute atomic E-state index is 0. The number of fused-ring (bicyclic) bond motifs is 2. The van der Waals surface area contributed by atoms with Gasteiger partial charge >= 0.3 is 18.1 Å². The summed E-state index contributed by atoms with van der Waals surface area (Å²) in [7, 11) is 0. The molecule has 2 bridgehead atoms. The number of hydrogen-bond donors (Lipinski definition) is 1. The van der Waals surface area contributed by atoms with Crippen LogP contribution in [0.4, 0.5) is 26.3 Å². The first-order valence-electron chi connectivity index (χ1n) is 6.42. The third-order valence-electron chi connectivity index (χ3n) is 4.93. The lowest BCUT2D eigenvalue weighted by atomic mass is 9.80. The molecule has 5 unspecified atom stereocenters. The first-order valence-corrected chi connectivity index (χ1v) is 6.42. The molecule has 2 aliphatic rings. The van der Waals surface area contributed by atoms with Gasteiger partial charge in [-0.3, -0.25) is 0 Å². The molecular weight excluding hydrogens is 314 g/mol. The Morgan fingerprint density at radius 3 is 1.64 bits per heavy atom. The van der Waals surface area contributed by atoms with Crippen molar-refractivity contribution >= 4 is 0 Å². The third-order valence-corrected chi connectivity index (χ3v) is 4.93. The number of alkyl halides is 6. The molecule has 0 heterocycles. The molecule has 0 spiro atoms. The van der Waals surface area contributed by atoms with Crippen LogP contribution in [-0.2, 0) is 4.74 Å². The van der Waals surface area contributed by atoms with Gasteiger partial charge in [0.05, 0.1) is 6.10 Å². The number of halogens is 6. The van der Waals surface area contributed by atoms with Crippen molar-refractivity contribution in [1.29, 1.82) is 0 Å². The Morgan fingerprint density at radius 2 is 1.32 bits per heavy atom. The fourth-order valence-corrected chi connectivity index (χ4v) is 3.52. The van der Waals surface area contributed by atoms with Crippen molar-refractivity contribution in [3.63, 3.8) is 0 Å². The number of rotatable bonds is 2. The zero-order valence-electron chi connectivity index (χ0n) is 10.9. The van der Waals surface area contributed by atoms with Crippen LogP contribution in [0, 0.1) is 23.7 Å². The lowest BCUT2D eigenvalue weighted by molar-refractivity contribution is -0.468. The van der Waals surface area contributed by atoms with Gasteiger partial charge in [-0.1, -0.05) is 28.7 Å². The summed E-state index contributed by atoms with van der Waals surface area (Å²) < 4.78 is 79.6. The summed E-state index contributed by atoms with van der Waals surface area (Å²) in [6.07, 6.45) is -12.4. The quantitative estimate of drug-likeness (QED) is 0.580. The molecule has 2 nitrogen and oxygen atoms in total. The van der Waals surface area contributed by atoms with Crippen molar-refractivity contribution in [2.75, 3.05) is 0 Å². The van der Waals surface area contributed by atoms with Crippen molar-refractivity contribution in [3.8, 4) is 0 Å². The minimum Gasteiger partial charge on any atom is -0.351 e. The van der Waals surface area contributed by atoms with Crippen LogP contribution in [0.3, 0.4) is 0 Å². The van der Waals surface area contributed by atoms with E-state index >= 15 is 0 Å². The molecule has 0 radical (unpaired) electrons. The van der Waals surface area contributed by atoms with E-state index in [1.807, 2.05) is 6.92 Å². The van der Waals surface area contributed by atoms with E-state index in [2.05, 4.69) is 4.74 Å². The van der Waals surface area contributed by atoms with Crippen LogP contribution in [0.1, 0.15) is 41.5 Å². The lowest BCUT2D eigenvalue weighted by Crippen LogP contribution is -2.61. The summed E-state index contributed by atoms with van der Waals surface area (Å²) >= 11 is 0. The summed E-state index contributed by atoms with van der Waals surface area (Å²) in [5.41, 5.74) is 0. The van der Waals surface area contributed by atoms with E-state index in [0.29, 0.717) is 6.42 Å². The van der Waals surface area contributed by atoms with Gasteiger partial charge in [-0.05, 0) is 36.5 Å². The molecule has 5 atom stereocenters. The van der Waals surface area contributed by atoms with Crippen LogP contribution in [0.2, 0.25) is 0 Å². The molecule has 2 fully saturated rings. The van der Waals surface area contributed by atoms with Gasteiger partial charge in [-0.15, -0.1) is 0 Å². The average molecular weight is 338 g/mol. The average Bonchev–Trinajstić information content (AvgIpc) is 2.77. The highest BCUT2D eigenvalue weighted by Gasteiger charge is 2.74. The van der Waals surface area contributed by atoms with E-state index in [1.165, 1.54) is 0 Å². The van der Waals surface area contributed by atoms with Gasteiger partial charge in [0.2, 0.25) is 0 Å². The molecule has 22 heavy (non-hydrogen) atoms. The molecule has 2 saturated carbocycles. The first kappa shape index (κ1) is 21.5. The maximum Gasteiger partial charge on any atom is 0.453 e. The normalized spacial score (nSPS) is 35.0. The van der Waals surface area contributed by atoms with Crippen LogP contribution in [-0.4, -0.2) is 29.4 Å². The van der Waals surface area contributed by atoms with E-state index in [-0.39, 0.29) is 44.9 Å². The second-order valence-electron chi connectivity index (χ2n) is 5.91. The fraction of sp³-hybridized carbons (Fsp3) is 1.00. The maximum atomic E-state index is 12.6. The summed E-state index contributed by atoms with van der Waals surface area (Å²) in [6, 6.07) is 0. The molecule has 0 amide bonds. The molecule has 0 aliphatic heterocycles. The van der Waals surface area contributed by atoms with Crippen molar-refractivity contribution in [3.05, 3.63) is 0 Å². The van der Waals surface area contributed by atoms with Gasteiger partial charge in [0, 0.05) is 0 Å². The molecule has 0 aromatic rings. The topological polar surface area (TPSA) is 29.5 Å². The zero-order valence-corrected chi connectivity index (χ0v) is 10.9. The predicted octanol–water partition coefficient (Wildman–Crippen LogP) is 4.77. The van der Waals surface area contributed by atoms with Gasteiger partial charge in [0.1, 0.15) is 0 Å². The molecule has 2 aliphatic carbocycles. The lowest BCUT2D eigenvalue weighted by Gasteiger charge is -2.39. The highest BCUT2D eigenvalue weighted by Crippen LogP contribution is 2.55. The smallest absolute Gasteiger partial charge is 0.351 e. The Labute approximate surface area is 126 Å². The van der Waals surface area contributed by atoms with E-state index in [9.17, 15) is 26.3 Å². The largest absolute Gasteiger partial charge is 0.453 e. The number of ether oxygens (including phenoxy) is 1. The van der Waals surface area contributed by atoms with Gasteiger partial charge < -0.3 is 9.84 Å². The van der Waals surface area contributed by atoms with E-state index < -0.39 is 24.2 Å². The first-order chi connectivity index (χ1) is 8.88. The summed E-state index contributed by atoms with van der Waals surface area (Å²) in [5.74, 6) is -5.15. The Hall–Kier alpha value is -0.500. The second-order valence-corrected chi connectivity index (χ2v) is 5.91. The van der Waals surface area contributed by atoms with Crippen molar-refractivity contribution in [1.82, 2.24) is 0 Å². The molecule has 0 aromatic carbocycles. The van der Waals surface area contributed by atoms with E-state index in [1.54, 1.807) is 6.92 Å². The standard InChI is InChI=1S/C12H16F6O2.2CH4/c1-5-6(2)8-3-7(5)4-9(8)20-10(19,11(13,14)15)12(16,17)18;;/h5-9,19H,3-4H2,1-2H3;2*1H4. The summed E-state index contributed by atoms with van der Waals surface area (Å²) in [5, 5.41) is 9.05. The van der Waals surface area contributed by atoms with E-state index in [0.717, 1.165) is 0 Å². The fourth-order valence-electron chi connectivity index (χ4n) is 3.52. The maximum absolute atomic E-state index is 12.6. The number of hydrogen-bond acceptors (Lipinski definition) is 2. The number of aliphatic hydroxyl groups is 1. The van der Waals surface area contributed by atoms with Crippen LogP contribution in [0.5, 0.6) is 0 Å². The van der Waals surface area contributed by atoms with Crippen LogP contribution >= 0.6 is 0 Å². The van der Waals surface area contributed by atoms with Gasteiger partial charge in [0.25, 0.3) is 0 Å². The molecule has 0 aromatic heterocycles. The second kappa shape index (κ2) is 6.19.